The fourth-order valence-corrected chi connectivity index (χ4v) is 1.24. The number of carboxylic acids is 1. The van der Waals surface area contributed by atoms with E-state index in [1.807, 2.05) is 0 Å². The van der Waals surface area contributed by atoms with Gasteiger partial charge in [-0.15, -0.1) is 6.42 Å². The minimum atomic E-state index is -1.32. The first-order valence-corrected chi connectivity index (χ1v) is 5.59. The second-order valence-electron chi connectivity index (χ2n) is 4.40. The van der Waals surface area contributed by atoms with Crippen molar-refractivity contribution >= 4 is 11.9 Å². The Balaban J connectivity index is 2.74. The molecule has 0 fully saturated rings. The summed E-state index contributed by atoms with van der Waals surface area (Å²) >= 11 is 0. The van der Waals surface area contributed by atoms with Crippen LogP contribution in [0.25, 0.3) is 0 Å². The van der Waals surface area contributed by atoms with Crippen LogP contribution >= 0.6 is 0 Å². The van der Waals surface area contributed by atoms with E-state index in [2.05, 4.69) is 11.2 Å². The summed E-state index contributed by atoms with van der Waals surface area (Å²) in [6.45, 7) is 2.98. The van der Waals surface area contributed by atoms with Crippen LogP contribution in [0.15, 0.2) is 24.3 Å². The molecule has 0 aromatic heterocycles. The summed E-state index contributed by atoms with van der Waals surface area (Å²) < 4.78 is 5.17. The molecule has 0 aliphatic rings. The maximum atomic E-state index is 11.8. The molecule has 0 aliphatic carbocycles. The zero-order valence-electron chi connectivity index (χ0n) is 10.8. The van der Waals surface area contributed by atoms with Crippen molar-refractivity contribution in [3.63, 3.8) is 0 Å². The first-order chi connectivity index (χ1) is 8.86. The van der Waals surface area contributed by atoms with E-state index in [0.29, 0.717) is 11.3 Å². The van der Waals surface area contributed by atoms with Gasteiger partial charge in [-0.3, -0.25) is 4.79 Å². The van der Waals surface area contributed by atoms with Crippen LogP contribution in [0.5, 0.6) is 5.75 Å². The lowest BCUT2D eigenvalue weighted by atomic mass is 10.1. The van der Waals surface area contributed by atoms with Crippen LogP contribution < -0.4 is 10.1 Å². The van der Waals surface area contributed by atoms with E-state index in [4.69, 9.17) is 16.3 Å². The van der Waals surface area contributed by atoms with Crippen molar-refractivity contribution in [3.05, 3.63) is 29.8 Å². The average Bonchev–Trinajstić information content (AvgIpc) is 2.36. The molecule has 0 aliphatic heterocycles. The van der Waals surface area contributed by atoms with Gasteiger partial charge in [-0.25, -0.2) is 4.79 Å². The third-order valence-corrected chi connectivity index (χ3v) is 2.40. The van der Waals surface area contributed by atoms with Gasteiger partial charge in [-0.2, -0.15) is 0 Å². The molecular formula is C14H15NO4. The third kappa shape index (κ3) is 4.03. The lowest BCUT2D eigenvalue weighted by molar-refractivity contribution is -0.143. The molecule has 1 amide bonds. The van der Waals surface area contributed by atoms with Gasteiger partial charge >= 0.3 is 5.97 Å². The number of nitrogens with one attached hydrogen (secondary N) is 1. The second kappa shape index (κ2) is 5.91. The van der Waals surface area contributed by atoms with Crippen LogP contribution in [-0.2, 0) is 4.79 Å². The molecule has 0 heterocycles. The standard InChI is InChI=1S/C14H15NO4/c1-4-9-19-11-7-5-10(6-8-11)12(16)15-14(2,3)13(17)18/h1,5-8H,9H2,2-3H3,(H,15,16)(H,17,18). The summed E-state index contributed by atoms with van der Waals surface area (Å²) in [5.74, 6) is 1.31. The molecular weight excluding hydrogens is 246 g/mol. The monoisotopic (exact) mass is 261 g/mol. The van der Waals surface area contributed by atoms with E-state index < -0.39 is 17.4 Å². The van der Waals surface area contributed by atoms with Crippen LogP contribution in [-0.4, -0.2) is 29.1 Å². The Kier molecular flexibility index (Phi) is 4.54. The molecule has 0 spiro atoms. The molecule has 0 unspecified atom stereocenters. The molecule has 1 aromatic rings. The maximum absolute atomic E-state index is 11.8. The van der Waals surface area contributed by atoms with Crippen molar-refractivity contribution in [2.75, 3.05) is 6.61 Å². The average molecular weight is 261 g/mol. The van der Waals surface area contributed by atoms with E-state index in [9.17, 15) is 9.59 Å². The molecule has 2 N–H and O–H groups in total. The highest BCUT2D eigenvalue weighted by atomic mass is 16.5. The van der Waals surface area contributed by atoms with Gasteiger partial charge in [0.2, 0.25) is 0 Å². The lowest BCUT2D eigenvalue weighted by Gasteiger charge is -2.20. The van der Waals surface area contributed by atoms with Gasteiger partial charge in [-0.1, -0.05) is 5.92 Å². The van der Waals surface area contributed by atoms with E-state index >= 15 is 0 Å². The molecule has 5 nitrogen and oxygen atoms in total. The minimum absolute atomic E-state index is 0.150. The second-order valence-corrected chi connectivity index (χ2v) is 4.40. The quantitative estimate of drug-likeness (QED) is 0.783. The van der Waals surface area contributed by atoms with Crippen molar-refractivity contribution in [1.82, 2.24) is 5.32 Å². The Morgan fingerprint density at radius 2 is 1.95 bits per heavy atom. The summed E-state index contributed by atoms with van der Waals surface area (Å²) in [5.41, 5.74) is -0.974. The highest BCUT2D eigenvalue weighted by Gasteiger charge is 2.29. The molecule has 5 heteroatoms. The van der Waals surface area contributed by atoms with Crippen LogP contribution in [0.3, 0.4) is 0 Å². The van der Waals surface area contributed by atoms with E-state index in [0.717, 1.165) is 0 Å². The first kappa shape index (κ1) is 14.6. The number of ether oxygens (including phenoxy) is 1. The highest BCUT2D eigenvalue weighted by Crippen LogP contribution is 2.13. The molecule has 1 aromatic carbocycles. The van der Waals surface area contributed by atoms with E-state index in [-0.39, 0.29) is 6.61 Å². The maximum Gasteiger partial charge on any atom is 0.328 e. The van der Waals surface area contributed by atoms with Crippen LogP contribution in [0, 0.1) is 12.3 Å². The molecule has 1 rings (SSSR count). The van der Waals surface area contributed by atoms with Gasteiger partial charge in [-0.05, 0) is 38.1 Å². The number of hydrogen-bond donors (Lipinski definition) is 2. The fraction of sp³-hybridized carbons (Fsp3) is 0.286. The van der Waals surface area contributed by atoms with Gasteiger partial charge in [0, 0.05) is 5.56 Å². The van der Waals surface area contributed by atoms with Crippen LogP contribution in [0.2, 0.25) is 0 Å². The predicted molar refractivity (Wildman–Crippen MR) is 70.0 cm³/mol. The fourth-order valence-electron chi connectivity index (χ4n) is 1.24. The van der Waals surface area contributed by atoms with Gasteiger partial charge in [0.15, 0.2) is 0 Å². The zero-order chi connectivity index (χ0) is 14.5. The van der Waals surface area contributed by atoms with Crippen molar-refractivity contribution in [2.24, 2.45) is 0 Å². The van der Waals surface area contributed by atoms with Gasteiger partial charge in [0.1, 0.15) is 17.9 Å². The Morgan fingerprint density at radius 3 is 2.42 bits per heavy atom. The Bertz CT molecular complexity index is 511. The Hall–Kier alpha value is -2.48. The molecule has 0 saturated carbocycles. The largest absolute Gasteiger partial charge is 0.481 e. The summed E-state index contributed by atoms with van der Waals surface area (Å²) in [4.78, 5) is 22.7. The van der Waals surface area contributed by atoms with Crippen molar-refractivity contribution in [1.29, 1.82) is 0 Å². The Labute approximate surface area is 111 Å². The molecule has 100 valence electrons. The highest BCUT2D eigenvalue weighted by molar-refractivity contribution is 5.97. The number of carboxylic acid groups (broad SMARTS) is 1. The molecule has 0 atom stereocenters. The third-order valence-electron chi connectivity index (χ3n) is 2.40. The summed E-state index contributed by atoms with van der Waals surface area (Å²) in [7, 11) is 0. The number of carbonyl (C=O) groups is 2. The lowest BCUT2D eigenvalue weighted by Crippen LogP contribution is -2.49. The number of benzene rings is 1. The smallest absolute Gasteiger partial charge is 0.328 e. The molecule has 0 bridgehead atoms. The molecule has 0 radical (unpaired) electrons. The topological polar surface area (TPSA) is 75.6 Å². The van der Waals surface area contributed by atoms with Crippen LogP contribution in [0.4, 0.5) is 0 Å². The van der Waals surface area contributed by atoms with Gasteiger partial charge in [0.05, 0.1) is 0 Å². The van der Waals surface area contributed by atoms with Crippen LogP contribution in [0.1, 0.15) is 24.2 Å². The Morgan fingerprint density at radius 1 is 1.37 bits per heavy atom. The normalized spacial score (nSPS) is 10.4. The summed E-state index contributed by atoms with van der Waals surface area (Å²) in [6.07, 6.45) is 5.06. The van der Waals surface area contributed by atoms with Crippen molar-refractivity contribution < 1.29 is 19.4 Å². The minimum Gasteiger partial charge on any atom is -0.481 e. The number of hydrogen-bond acceptors (Lipinski definition) is 3. The van der Waals surface area contributed by atoms with Gasteiger partial charge in [0.25, 0.3) is 5.91 Å². The SMILES string of the molecule is C#CCOc1ccc(C(=O)NC(C)(C)C(=O)O)cc1. The number of amides is 1. The van der Waals surface area contributed by atoms with E-state index in [1.54, 1.807) is 24.3 Å². The first-order valence-electron chi connectivity index (χ1n) is 5.59. The number of rotatable bonds is 5. The number of aliphatic carboxylic acids is 1. The van der Waals surface area contributed by atoms with Gasteiger partial charge < -0.3 is 15.2 Å². The molecule has 19 heavy (non-hydrogen) atoms. The van der Waals surface area contributed by atoms with Crippen molar-refractivity contribution in [3.8, 4) is 18.1 Å². The van der Waals surface area contributed by atoms with E-state index in [1.165, 1.54) is 13.8 Å². The summed E-state index contributed by atoms with van der Waals surface area (Å²) in [6, 6.07) is 6.28. The number of terminal acetylenes is 1. The van der Waals surface area contributed by atoms with Crippen molar-refractivity contribution in [2.45, 2.75) is 19.4 Å². The summed E-state index contributed by atoms with van der Waals surface area (Å²) in [5, 5.41) is 11.3. The molecule has 0 saturated heterocycles. The number of carbonyl (C=O) groups excluding carboxylic acids is 1. The zero-order valence-corrected chi connectivity index (χ0v) is 10.8. The predicted octanol–water partition coefficient (Wildman–Crippen LogP) is 1.29.